The van der Waals surface area contributed by atoms with Crippen molar-refractivity contribution in [1.82, 2.24) is 0 Å². The van der Waals surface area contributed by atoms with Gasteiger partial charge >= 0.3 is 0 Å². The van der Waals surface area contributed by atoms with Gasteiger partial charge in [0.05, 0.1) is 0 Å². The minimum Gasteiger partial charge on any atom is -0.693 e. The number of allylic oxidation sites excluding steroid dienone is 1. The average molecular weight is 372 g/mol. The zero-order valence-corrected chi connectivity index (χ0v) is 12.0. The first-order chi connectivity index (χ1) is 2.56. The van der Waals surface area contributed by atoms with Crippen LogP contribution in [0.2, 0.25) is 0 Å². The van der Waals surface area contributed by atoms with E-state index in [1.54, 1.807) is 6.08 Å². The third-order valence-electron chi connectivity index (χ3n) is 0.500. The first-order valence-corrected chi connectivity index (χ1v) is 2.12. The smallest absolute Gasteiger partial charge is 0 e. The number of nitrogens with two attached hydrogens (primary N) is 1. The third kappa shape index (κ3) is 26.4. The molecular weight excluding hydrogens is 359 g/mol. The summed E-state index contributed by atoms with van der Waals surface area (Å²) in [6, 6.07) is 0. The Balaban J connectivity index is -0.0000000417. The Morgan fingerprint density at radius 2 is 1.33 bits per heavy atom. The van der Waals surface area contributed by atoms with Gasteiger partial charge in [-0.1, -0.05) is 26.2 Å². The third-order valence-corrected chi connectivity index (χ3v) is 0.500. The second-order valence-electron chi connectivity index (χ2n) is 2.53. The predicted octanol–water partition coefficient (Wildman–Crippen LogP) is 2.73. The standard InChI is InChI=1S/C6H11.H2N.W.Y/c1-5-6(2,3)4;;;/h1,5H,2-4H3;1H2;;/q2*-1;;. The topological polar surface area (TPSA) is 33.5 Å². The second-order valence-corrected chi connectivity index (χ2v) is 2.53. The summed E-state index contributed by atoms with van der Waals surface area (Å²) in [5, 5.41) is 0. The minimum absolute atomic E-state index is 0. The van der Waals surface area contributed by atoms with E-state index in [1.807, 2.05) is 0 Å². The molecule has 1 radical (unpaired) electrons. The van der Waals surface area contributed by atoms with Crippen LogP contribution >= 0.6 is 0 Å². The molecule has 0 rings (SSSR count). The van der Waals surface area contributed by atoms with Crippen LogP contribution in [0.4, 0.5) is 0 Å². The van der Waals surface area contributed by atoms with Gasteiger partial charge in [0.2, 0.25) is 0 Å². The van der Waals surface area contributed by atoms with Gasteiger partial charge in [-0.25, -0.2) is 0 Å². The molecule has 0 aromatic heterocycles. The molecule has 0 aliphatic heterocycles. The molecule has 0 unspecified atom stereocenters. The molecule has 0 aromatic carbocycles. The van der Waals surface area contributed by atoms with Crippen LogP contribution in [0.3, 0.4) is 0 Å². The maximum Gasteiger partial charge on any atom is 0 e. The first kappa shape index (κ1) is 22.4. The summed E-state index contributed by atoms with van der Waals surface area (Å²) in [5.41, 5.74) is 0.194. The molecule has 0 saturated heterocycles. The van der Waals surface area contributed by atoms with Gasteiger partial charge in [0, 0.05) is 53.8 Å². The monoisotopic (exact) mass is 372 g/mol. The summed E-state index contributed by atoms with van der Waals surface area (Å²) in [5.74, 6) is 0. The van der Waals surface area contributed by atoms with Gasteiger partial charge in [0.1, 0.15) is 0 Å². The molecule has 3 heteroatoms. The van der Waals surface area contributed by atoms with E-state index < -0.39 is 0 Å². The molecule has 0 heterocycles. The van der Waals surface area contributed by atoms with Crippen LogP contribution in [0.5, 0.6) is 0 Å². The summed E-state index contributed by atoms with van der Waals surface area (Å²) in [7, 11) is 0. The predicted molar refractivity (Wildman–Crippen MR) is 33.6 cm³/mol. The zero-order chi connectivity index (χ0) is 5.21. The summed E-state index contributed by atoms with van der Waals surface area (Å²) >= 11 is 0. The van der Waals surface area contributed by atoms with Crippen LogP contribution in [0.25, 0.3) is 6.15 Å². The van der Waals surface area contributed by atoms with Crippen molar-refractivity contribution in [3.63, 3.8) is 0 Å². The van der Waals surface area contributed by atoms with Crippen LogP contribution in [0, 0.1) is 12.0 Å². The molecule has 0 aliphatic carbocycles. The van der Waals surface area contributed by atoms with Crippen molar-refractivity contribution in [1.29, 1.82) is 0 Å². The Morgan fingerprint density at radius 3 is 1.33 bits per heavy atom. The van der Waals surface area contributed by atoms with Gasteiger partial charge in [-0.2, -0.15) is 0 Å². The van der Waals surface area contributed by atoms with E-state index in [2.05, 4.69) is 20.8 Å². The van der Waals surface area contributed by atoms with E-state index >= 15 is 0 Å². The van der Waals surface area contributed by atoms with Crippen molar-refractivity contribution in [3.05, 3.63) is 18.8 Å². The van der Waals surface area contributed by atoms with Gasteiger partial charge in [-0.05, 0) is 0 Å². The summed E-state index contributed by atoms with van der Waals surface area (Å²) in [6.45, 7) is 11.4. The Labute approximate surface area is 97.8 Å². The molecule has 9 heavy (non-hydrogen) atoms. The molecule has 0 aliphatic rings. The van der Waals surface area contributed by atoms with Crippen molar-refractivity contribution in [3.8, 4) is 0 Å². The number of hydrogen-bond acceptors (Lipinski definition) is 0. The Kier molecular flexibility index (Phi) is 23.7. The van der Waals surface area contributed by atoms with E-state index in [0.29, 0.717) is 0 Å². The quantitative estimate of drug-likeness (QED) is 0.587. The summed E-state index contributed by atoms with van der Waals surface area (Å²) < 4.78 is 0. The number of rotatable bonds is 0. The van der Waals surface area contributed by atoms with E-state index in [4.69, 9.17) is 6.58 Å². The fourth-order valence-electron chi connectivity index (χ4n) is 0. The normalized spacial score (nSPS) is 7.44. The molecule has 0 fully saturated rings. The van der Waals surface area contributed by atoms with E-state index in [9.17, 15) is 0 Å². The molecular formula is C6H13NWY-2. The van der Waals surface area contributed by atoms with Crippen molar-refractivity contribution in [2.45, 2.75) is 20.8 Å². The molecule has 0 spiro atoms. The largest absolute Gasteiger partial charge is 0.693 e. The van der Waals surface area contributed by atoms with Crippen molar-refractivity contribution >= 4 is 0 Å². The van der Waals surface area contributed by atoms with Crippen molar-refractivity contribution in [2.24, 2.45) is 5.41 Å². The Hall–Kier alpha value is 1.49. The molecule has 0 saturated carbocycles. The zero-order valence-electron chi connectivity index (χ0n) is 6.22. The molecule has 0 aromatic rings. The van der Waals surface area contributed by atoms with Crippen LogP contribution < -0.4 is 0 Å². The van der Waals surface area contributed by atoms with Crippen molar-refractivity contribution in [2.75, 3.05) is 0 Å². The van der Waals surface area contributed by atoms with Gasteiger partial charge < -0.3 is 12.7 Å². The van der Waals surface area contributed by atoms with Gasteiger partial charge in [0.15, 0.2) is 0 Å². The SMILES string of the molecule is [CH-]=CC(C)(C)C.[NH2-].[W].[Y]. The number of hydrogen-bond donors (Lipinski definition) is 0. The Morgan fingerprint density at radius 1 is 1.22 bits per heavy atom. The van der Waals surface area contributed by atoms with Gasteiger partial charge in [-0.3, -0.25) is 6.08 Å². The summed E-state index contributed by atoms with van der Waals surface area (Å²) in [6.07, 6.45) is 1.69. The maximum absolute atomic E-state index is 5.18. The average Bonchev–Trinajstić information content (AvgIpc) is 1.35. The van der Waals surface area contributed by atoms with Crippen LogP contribution in [-0.2, 0) is 53.8 Å². The van der Waals surface area contributed by atoms with Crippen LogP contribution in [0.15, 0.2) is 6.08 Å². The Bertz CT molecular complexity index is 58.6. The molecule has 0 amide bonds. The molecule has 0 bridgehead atoms. The van der Waals surface area contributed by atoms with Crippen molar-refractivity contribution < 1.29 is 53.8 Å². The minimum atomic E-state index is 0. The fourth-order valence-corrected chi connectivity index (χ4v) is 0. The molecule has 2 N–H and O–H groups in total. The van der Waals surface area contributed by atoms with E-state index in [0.717, 1.165) is 0 Å². The van der Waals surface area contributed by atoms with Crippen LogP contribution in [0.1, 0.15) is 20.8 Å². The van der Waals surface area contributed by atoms with E-state index in [1.165, 1.54) is 0 Å². The van der Waals surface area contributed by atoms with Gasteiger partial charge in [0.25, 0.3) is 0 Å². The second kappa shape index (κ2) is 9.49. The fraction of sp³-hybridized carbons (Fsp3) is 0.667. The van der Waals surface area contributed by atoms with Crippen LogP contribution in [-0.4, -0.2) is 0 Å². The van der Waals surface area contributed by atoms with Gasteiger partial charge in [-0.15, -0.1) is 0 Å². The molecule has 1 nitrogen and oxygen atoms in total. The summed E-state index contributed by atoms with van der Waals surface area (Å²) in [4.78, 5) is 0. The molecule has 53 valence electrons. The molecule has 0 atom stereocenters. The first-order valence-electron chi connectivity index (χ1n) is 2.12. The maximum atomic E-state index is 5.18. The van der Waals surface area contributed by atoms with E-state index in [-0.39, 0.29) is 65.3 Å².